The van der Waals surface area contributed by atoms with Crippen molar-refractivity contribution in [1.82, 2.24) is 15.3 Å². The minimum atomic E-state index is -4.77. The molecule has 1 aromatic carbocycles. The van der Waals surface area contributed by atoms with Crippen LogP contribution in [-0.4, -0.2) is 53.1 Å². The number of rotatable bonds is 4. The number of alkyl halides is 6. The number of fused-ring (bicyclic) bond motifs is 6. The molecule has 1 unspecified atom stereocenters. The van der Waals surface area contributed by atoms with Gasteiger partial charge in [0, 0.05) is 48.4 Å². The predicted molar refractivity (Wildman–Crippen MR) is 136 cm³/mol. The van der Waals surface area contributed by atoms with Gasteiger partial charge in [-0.1, -0.05) is 12.8 Å². The molecule has 13 heteroatoms. The predicted octanol–water partition coefficient (Wildman–Crippen LogP) is 6.02. The molecule has 2 saturated carbocycles. The van der Waals surface area contributed by atoms with Gasteiger partial charge in [-0.05, 0) is 55.7 Å². The van der Waals surface area contributed by atoms with Gasteiger partial charge in [-0.15, -0.1) is 13.2 Å². The van der Waals surface area contributed by atoms with Gasteiger partial charge < -0.3 is 24.3 Å². The molecule has 7 nitrogen and oxygen atoms in total. The summed E-state index contributed by atoms with van der Waals surface area (Å²) in [7, 11) is 0. The summed E-state index contributed by atoms with van der Waals surface area (Å²) in [6.07, 6.45) is -1.69. The Labute approximate surface area is 231 Å². The quantitative estimate of drug-likeness (QED) is 0.379. The number of hydrogen-bond donors (Lipinski definition) is 1. The highest BCUT2D eigenvalue weighted by Gasteiger charge is 2.59. The van der Waals surface area contributed by atoms with Crippen molar-refractivity contribution in [3.8, 4) is 17.1 Å². The topological polar surface area (TPSA) is 66.7 Å². The van der Waals surface area contributed by atoms with E-state index in [1.807, 2.05) is 0 Å². The number of aromatic nitrogens is 2. The maximum absolute atomic E-state index is 13.1. The smallest absolute Gasteiger partial charge is 0.423 e. The Hall–Kier alpha value is -3.48. The number of hydrogen-bond acceptors (Lipinski definition) is 7. The van der Waals surface area contributed by atoms with Crippen LogP contribution in [0.3, 0.4) is 0 Å². The normalized spacial score (nSPS) is 29.4. The third-order valence-corrected chi connectivity index (χ3v) is 8.91. The van der Waals surface area contributed by atoms with Gasteiger partial charge in [-0.3, -0.25) is 0 Å². The van der Waals surface area contributed by atoms with Crippen LogP contribution in [0.4, 0.5) is 38.2 Å². The third kappa shape index (κ3) is 4.77. The number of nitrogens with one attached hydrogen (secondary N) is 1. The number of benzene rings is 1. The summed E-state index contributed by atoms with van der Waals surface area (Å²) >= 11 is 0. The van der Waals surface area contributed by atoms with Gasteiger partial charge in [-0.25, -0.2) is 9.97 Å². The standard InChI is InChI=1S/C28H27F6N5O2/c29-27(30,31)17-7-10-23(35-12-17)38-14-16-11-21(38)24-25(16)39(20-4-2-1-3-19(20)37-24)26-36-13-22(40-26)15-5-8-18(9-6-15)41-28(32,33)34/h5-10,12-13,16,19-21,24-25,37H,1-4,11,14H2/t16-,19-,20-,21-,24-,25?/m1/s1. The molecule has 0 radical (unpaired) electrons. The fourth-order valence-electron chi connectivity index (χ4n) is 7.32. The minimum absolute atomic E-state index is 0.0475. The van der Waals surface area contributed by atoms with Gasteiger partial charge >= 0.3 is 12.5 Å². The van der Waals surface area contributed by atoms with Crippen LogP contribution >= 0.6 is 0 Å². The lowest BCUT2D eigenvalue weighted by atomic mass is 9.82. The van der Waals surface area contributed by atoms with Crippen molar-refractivity contribution in [3.05, 3.63) is 54.4 Å². The summed E-state index contributed by atoms with van der Waals surface area (Å²) in [6.45, 7) is 0.661. The summed E-state index contributed by atoms with van der Waals surface area (Å²) in [6, 6.07) is 9.08. The summed E-state index contributed by atoms with van der Waals surface area (Å²) in [4.78, 5) is 13.2. The van der Waals surface area contributed by atoms with Gasteiger partial charge in [0.25, 0.3) is 6.01 Å². The molecule has 2 aromatic heterocycles. The minimum Gasteiger partial charge on any atom is -0.423 e. The molecule has 4 heterocycles. The number of nitrogens with zero attached hydrogens (tertiary/aromatic N) is 4. The summed E-state index contributed by atoms with van der Waals surface area (Å²) < 4.78 is 87.1. The Morgan fingerprint density at radius 1 is 0.902 bits per heavy atom. The average molecular weight is 580 g/mol. The van der Waals surface area contributed by atoms with E-state index < -0.39 is 18.1 Å². The zero-order valence-corrected chi connectivity index (χ0v) is 21.7. The number of pyridine rings is 1. The first-order chi connectivity index (χ1) is 19.5. The molecule has 2 aliphatic heterocycles. The summed E-state index contributed by atoms with van der Waals surface area (Å²) in [5.41, 5.74) is -0.185. The van der Waals surface area contributed by atoms with E-state index >= 15 is 0 Å². The zero-order valence-electron chi connectivity index (χ0n) is 21.7. The second-order valence-corrected chi connectivity index (χ2v) is 11.2. The zero-order chi connectivity index (χ0) is 28.5. The van der Waals surface area contributed by atoms with Crippen LogP contribution in [-0.2, 0) is 6.18 Å². The number of piperidine rings is 1. The van der Waals surface area contributed by atoms with Crippen molar-refractivity contribution in [2.45, 2.75) is 74.9 Å². The first-order valence-corrected chi connectivity index (χ1v) is 13.7. The number of piperazine rings is 1. The molecule has 2 aliphatic carbocycles. The number of halogens is 6. The molecule has 7 rings (SSSR count). The van der Waals surface area contributed by atoms with E-state index in [-0.39, 0.29) is 41.9 Å². The first-order valence-electron chi connectivity index (χ1n) is 13.7. The molecule has 1 N–H and O–H groups in total. The maximum Gasteiger partial charge on any atom is 0.573 e. The Morgan fingerprint density at radius 2 is 1.68 bits per heavy atom. The molecule has 41 heavy (non-hydrogen) atoms. The molecule has 4 fully saturated rings. The van der Waals surface area contributed by atoms with Crippen LogP contribution in [0, 0.1) is 5.92 Å². The van der Waals surface area contributed by atoms with Gasteiger partial charge in [0.1, 0.15) is 11.6 Å². The molecule has 0 spiro atoms. The Balaban J connectivity index is 1.15. The van der Waals surface area contributed by atoms with Crippen LogP contribution in [0.25, 0.3) is 11.3 Å². The molecular formula is C28H27F6N5O2. The Bertz CT molecular complexity index is 1390. The Morgan fingerprint density at radius 3 is 2.39 bits per heavy atom. The van der Waals surface area contributed by atoms with Crippen molar-refractivity contribution >= 4 is 11.8 Å². The largest absolute Gasteiger partial charge is 0.573 e. The molecule has 6 atom stereocenters. The lowest BCUT2D eigenvalue weighted by molar-refractivity contribution is -0.274. The molecular weight excluding hydrogens is 552 g/mol. The van der Waals surface area contributed by atoms with Crippen molar-refractivity contribution in [2.24, 2.45) is 5.92 Å². The number of anilines is 2. The van der Waals surface area contributed by atoms with Crippen molar-refractivity contribution in [3.63, 3.8) is 0 Å². The van der Waals surface area contributed by atoms with Crippen LogP contribution in [0.15, 0.2) is 53.2 Å². The fourth-order valence-corrected chi connectivity index (χ4v) is 7.32. The van der Waals surface area contributed by atoms with Gasteiger partial charge in [0.15, 0.2) is 5.76 Å². The SMILES string of the molecule is FC(F)(F)Oc1ccc(-c2cnc(N3C4[C@@H]5C[C@H]([C@H]4N[C@@H]4CCCC[C@H]43)N(c3ccc(C(F)(F)F)cn3)C5)o2)cc1. The highest BCUT2D eigenvalue weighted by Crippen LogP contribution is 2.48. The summed E-state index contributed by atoms with van der Waals surface area (Å²) in [5, 5.41) is 3.88. The average Bonchev–Trinajstić information content (AvgIpc) is 3.67. The van der Waals surface area contributed by atoms with E-state index in [4.69, 9.17) is 4.42 Å². The molecule has 0 amide bonds. The lowest BCUT2D eigenvalue weighted by Gasteiger charge is -2.55. The Kier molecular flexibility index (Phi) is 6.14. The van der Waals surface area contributed by atoms with E-state index in [1.165, 1.54) is 30.3 Å². The second kappa shape index (κ2) is 9.53. The van der Waals surface area contributed by atoms with E-state index in [9.17, 15) is 26.3 Å². The van der Waals surface area contributed by atoms with E-state index in [1.54, 1.807) is 6.20 Å². The molecule has 2 saturated heterocycles. The van der Waals surface area contributed by atoms with E-state index in [2.05, 4.69) is 29.8 Å². The molecule has 2 bridgehead atoms. The molecule has 218 valence electrons. The van der Waals surface area contributed by atoms with E-state index in [0.29, 0.717) is 29.7 Å². The number of oxazole rings is 1. The van der Waals surface area contributed by atoms with Crippen LogP contribution in [0.5, 0.6) is 5.75 Å². The van der Waals surface area contributed by atoms with Gasteiger partial charge in [-0.2, -0.15) is 13.2 Å². The van der Waals surface area contributed by atoms with Gasteiger partial charge in [0.2, 0.25) is 0 Å². The molecule has 4 aliphatic rings. The summed E-state index contributed by atoms with van der Waals surface area (Å²) in [5.74, 6) is 0.892. The highest BCUT2D eigenvalue weighted by molar-refractivity contribution is 5.59. The number of ether oxygens (including phenoxy) is 1. The monoisotopic (exact) mass is 579 g/mol. The second-order valence-electron chi connectivity index (χ2n) is 11.2. The van der Waals surface area contributed by atoms with Crippen molar-refractivity contribution in [1.29, 1.82) is 0 Å². The maximum atomic E-state index is 13.1. The van der Waals surface area contributed by atoms with E-state index in [0.717, 1.165) is 44.4 Å². The van der Waals surface area contributed by atoms with Gasteiger partial charge in [0.05, 0.1) is 17.8 Å². The molecule has 3 aromatic rings. The van der Waals surface area contributed by atoms with Crippen LogP contribution in [0.2, 0.25) is 0 Å². The van der Waals surface area contributed by atoms with Crippen molar-refractivity contribution < 1.29 is 35.5 Å². The fraction of sp³-hybridized carbons (Fsp3) is 0.500. The van der Waals surface area contributed by atoms with Crippen molar-refractivity contribution in [2.75, 3.05) is 16.3 Å². The van der Waals surface area contributed by atoms with Crippen LogP contribution in [0.1, 0.15) is 37.7 Å². The lowest BCUT2D eigenvalue weighted by Crippen LogP contribution is -2.73. The third-order valence-electron chi connectivity index (χ3n) is 8.91. The first kappa shape index (κ1) is 26.4. The van der Waals surface area contributed by atoms with Crippen LogP contribution < -0.4 is 19.9 Å². The highest BCUT2D eigenvalue weighted by atomic mass is 19.4.